The van der Waals surface area contributed by atoms with Gasteiger partial charge in [0.05, 0.1) is 24.8 Å². The fraction of sp³-hybridized carbons (Fsp3) is 0.412. The van der Waals surface area contributed by atoms with Gasteiger partial charge in [0.15, 0.2) is 5.13 Å². The van der Waals surface area contributed by atoms with Gasteiger partial charge < -0.3 is 15.8 Å². The Morgan fingerprint density at radius 1 is 1.35 bits per heavy atom. The Kier molecular flexibility index (Phi) is 5.98. The minimum absolute atomic E-state index is 0.0104. The Morgan fingerprint density at radius 2 is 2.04 bits per heavy atom. The van der Waals surface area contributed by atoms with E-state index in [1.165, 1.54) is 11.3 Å². The van der Waals surface area contributed by atoms with E-state index in [2.05, 4.69) is 17.2 Å². The summed E-state index contributed by atoms with van der Waals surface area (Å²) in [7, 11) is 0. The van der Waals surface area contributed by atoms with E-state index < -0.39 is 0 Å². The summed E-state index contributed by atoms with van der Waals surface area (Å²) in [5.74, 6) is 0.825. The van der Waals surface area contributed by atoms with Gasteiger partial charge in [0.2, 0.25) is 5.91 Å². The largest absolute Gasteiger partial charge is 0.494 e. The van der Waals surface area contributed by atoms with Gasteiger partial charge in [-0.1, -0.05) is 19.1 Å². The Hall–Kier alpha value is -2.08. The van der Waals surface area contributed by atoms with Crippen molar-refractivity contribution in [3.8, 4) is 5.75 Å². The van der Waals surface area contributed by atoms with E-state index in [9.17, 15) is 4.79 Å². The highest BCUT2D eigenvalue weighted by Gasteiger charge is 2.15. The summed E-state index contributed by atoms with van der Waals surface area (Å²) >= 11 is 1.37. The molecule has 124 valence electrons. The molecule has 1 amide bonds. The van der Waals surface area contributed by atoms with E-state index in [4.69, 9.17) is 10.5 Å². The van der Waals surface area contributed by atoms with Crippen LogP contribution in [0.2, 0.25) is 0 Å². The smallest absolute Gasteiger partial charge is 0.225 e. The lowest BCUT2D eigenvalue weighted by Gasteiger charge is -2.18. The number of thiazole rings is 1. The predicted octanol–water partition coefficient (Wildman–Crippen LogP) is 3.24. The molecule has 0 bridgehead atoms. The van der Waals surface area contributed by atoms with Gasteiger partial charge in [-0.3, -0.25) is 4.79 Å². The lowest BCUT2D eigenvalue weighted by molar-refractivity contribution is -0.121. The molecule has 0 unspecified atom stereocenters. The number of ether oxygens (including phenoxy) is 1. The van der Waals surface area contributed by atoms with Crippen LogP contribution in [0.25, 0.3) is 0 Å². The fourth-order valence-electron chi connectivity index (χ4n) is 2.39. The number of carbonyl (C=O) groups excluding carboxylic acids is 1. The summed E-state index contributed by atoms with van der Waals surface area (Å²) in [6.07, 6.45) is 1.14. The van der Waals surface area contributed by atoms with Gasteiger partial charge in [-0.05, 0) is 38.0 Å². The summed E-state index contributed by atoms with van der Waals surface area (Å²) in [5, 5.41) is 3.58. The molecule has 1 aromatic carbocycles. The number of aryl methyl sites for hydroxylation is 1. The molecule has 0 aliphatic rings. The molecular formula is C17H23N3O2S. The quantitative estimate of drug-likeness (QED) is 0.815. The topological polar surface area (TPSA) is 77.2 Å². The van der Waals surface area contributed by atoms with Crippen molar-refractivity contribution in [3.63, 3.8) is 0 Å². The predicted molar refractivity (Wildman–Crippen MR) is 93.8 cm³/mol. The van der Waals surface area contributed by atoms with Crippen LogP contribution in [0.4, 0.5) is 5.13 Å². The maximum Gasteiger partial charge on any atom is 0.225 e. The second kappa shape index (κ2) is 7.97. The van der Waals surface area contributed by atoms with E-state index in [0.717, 1.165) is 28.3 Å². The van der Waals surface area contributed by atoms with Gasteiger partial charge in [0.25, 0.3) is 0 Å². The van der Waals surface area contributed by atoms with Crippen molar-refractivity contribution in [2.24, 2.45) is 0 Å². The Labute approximate surface area is 140 Å². The van der Waals surface area contributed by atoms with Crippen molar-refractivity contribution in [3.05, 3.63) is 40.4 Å². The number of amides is 1. The number of rotatable bonds is 7. The molecule has 2 rings (SSSR count). The second-order valence-corrected chi connectivity index (χ2v) is 6.38. The molecule has 3 N–H and O–H groups in total. The highest BCUT2D eigenvalue weighted by molar-refractivity contribution is 7.15. The minimum Gasteiger partial charge on any atom is -0.494 e. The molecule has 0 spiro atoms. The zero-order valence-corrected chi connectivity index (χ0v) is 14.6. The third kappa shape index (κ3) is 4.69. The first kappa shape index (κ1) is 17.3. The van der Waals surface area contributed by atoms with Crippen LogP contribution in [0, 0.1) is 6.92 Å². The zero-order valence-electron chi connectivity index (χ0n) is 13.8. The number of nitrogens with two attached hydrogens (primary N) is 1. The summed E-state index contributed by atoms with van der Waals surface area (Å²) < 4.78 is 5.45. The molecule has 0 aliphatic carbocycles. The molecule has 1 atom stereocenters. The van der Waals surface area contributed by atoms with Crippen LogP contribution in [0.15, 0.2) is 24.3 Å². The molecule has 1 heterocycles. The summed E-state index contributed by atoms with van der Waals surface area (Å²) in [6.45, 7) is 6.53. The third-order valence-corrected chi connectivity index (χ3v) is 4.55. The summed E-state index contributed by atoms with van der Waals surface area (Å²) in [5.41, 5.74) is 7.58. The van der Waals surface area contributed by atoms with E-state index in [0.29, 0.717) is 18.2 Å². The standard InChI is InChI=1S/C17H23N3O2S/c1-4-14(12-6-8-13(9-7-12)22-5-2)20-16(21)10-15-11(3)19-17(18)23-15/h6-9,14H,4-5,10H2,1-3H3,(H2,18,19)(H,20,21)/t14-/m1/s1. The lowest BCUT2D eigenvalue weighted by atomic mass is 10.0. The molecule has 0 saturated heterocycles. The number of hydrogen-bond donors (Lipinski definition) is 2. The molecule has 0 fully saturated rings. The van der Waals surface area contributed by atoms with Crippen molar-refractivity contribution in [2.45, 2.75) is 39.7 Å². The lowest BCUT2D eigenvalue weighted by Crippen LogP contribution is -2.29. The molecule has 0 aliphatic heterocycles. The average Bonchev–Trinajstić information content (AvgIpc) is 2.83. The first-order valence-corrected chi connectivity index (χ1v) is 8.59. The fourth-order valence-corrected chi connectivity index (χ4v) is 3.22. The SMILES string of the molecule is CCOc1ccc([C@@H](CC)NC(=O)Cc2sc(N)nc2C)cc1. The molecule has 2 aromatic rings. The van der Waals surface area contributed by atoms with E-state index in [-0.39, 0.29) is 11.9 Å². The first-order valence-electron chi connectivity index (χ1n) is 7.77. The number of carbonyl (C=O) groups is 1. The highest BCUT2D eigenvalue weighted by atomic mass is 32.1. The van der Waals surface area contributed by atoms with Crippen LogP contribution in [0.3, 0.4) is 0 Å². The average molecular weight is 333 g/mol. The van der Waals surface area contributed by atoms with Gasteiger partial charge in [-0.15, -0.1) is 11.3 Å². The summed E-state index contributed by atoms with van der Waals surface area (Å²) in [4.78, 5) is 17.4. The van der Waals surface area contributed by atoms with Gasteiger partial charge in [0.1, 0.15) is 5.75 Å². The molecule has 5 nitrogen and oxygen atoms in total. The first-order chi connectivity index (χ1) is 11.0. The van der Waals surface area contributed by atoms with Gasteiger partial charge in [0, 0.05) is 4.88 Å². The van der Waals surface area contributed by atoms with Crippen LogP contribution in [0.5, 0.6) is 5.75 Å². The Morgan fingerprint density at radius 3 is 2.57 bits per heavy atom. The number of nitrogen functional groups attached to an aromatic ring is 1. The molecule has 23 heavy (non-hydrogen) atoms. The zero-order chi connectivity index (χ0) is 16.8. The second-order valence-electron chi connectivity index (χ2n) is 5.27. The van der Waals surface area contributed by atoms with Crippen LogP contribution in [-0.4, -0.2) is 17.5 Å². The van der Waals surface area contributed by atoms with E-state index in [1.54, 1.807) is 0 Å². The normalized spacial score (nSPS) is 12.0. The van der Waals surface area contributed by atoms with E-state index in [1.807, 2.05) is 38.1 Å². The van der Waals surface area contributed by atoms with Crippen LogP contribution < -0.4 is 15.8 Å². The number of benzene rings is 1. The minimum atomic E-state index is -0.0162. The molecule has 0 radical (unpaired) electrons. The van der Waals surface area contributed by atoms with Crippen molar-refractivity contribution >= 4 is 22.4 Å². The monoisotopic (exact) mass is 333 g/mol. The van der Waals surface area contributed by atoms with E-state index >= 15 is 0 Å². The van der Waals surface area contributed by atoms with Crippen molar-refractivity contribution in [1.82, 2.24) is 10.3 Å². The van der Waals surface area contributed by atoms with Crippen molar-refractivity contribution in [2.75, 3.05) is 12.3 Å². The Bertz CT molecular complexity index is 652. The number of hydrogen-bond acceptors (Lipinski definition) is 5. The van der Waals surface area contributed by atoms with Crippen LogP contribution in [-0.2, 0) is 11.2 Å². The van der Waals surface area contributed by atoms with Crippen molar-refractivity contribution < 1.29 is 9.53 Å². The molecule has 6 heteroatoms. The maximum absolute atomic E-state index is 12.3. The number of nitrogens with one attached hydrogen (secondary N) is 1. The molecular weight excluding hydrogens is 310 g/mol. The summed E-state index contributed by atoms with van der Waals surface area (Å²) in [6, 6.07) is 7.84. The molecule has 0 saturated carbocycles. The van der Waals surface area contributed by atoms with Crippen molar-refractivity contribution in [1.29, 1.82) is 0 Å². The third-order valence-electron chi connectivity index (χ3n) is 3.57. The number of anilines is 1. The number of nitrogens with zero attached hydrogens (tertiary/aromatic N) is 1. The molecule has 1 aromatic heterocycles. The number of aromatic nitrogens is 1. The highest BCUT2D eigenvalue weighted by Crippen LogP contribution is 2.22. The van der Waals surface area contributed by atoms with Gasteiger partial charge in [-0.2, -0.15) is 0 Å². The Balaban J connectivity index is 2.00. The van der Waals surface area contributed by atoms with Crippen LogP contribution in [0.1, 0.15) is 42.4 Å². The maximum atomic E-state index is 12.3. The van der Waals surface area contributed by atoms with Gasteiger partial charge in [-0.25, -0.2) is 4.98 Å². The van der Waals surface area contributed by atoms with Crippen LogP contribution >= 0.6 is 11.3 Å². The van der Waals surface area contributed by atoms with Gasteiger partial charge >= 0.3 is 0 Å².